The van der Waals surface area contributed by atoms with Gasteiger partial charge in [-0.05, 0) is 13.3 Å². The fourth-order valence-corrected chi connectivity index (χ4v) is 2.61. The fraction of sp³-hybridized carbons (Fsp3) is 0.920. The topological polar surface area (TPSA) is 149 Å². The number of amides is 1. The normalized spacial score (nSPS) is 11.2. The second kappa shape index (κ2) is 31.8. The van der Waals surface area contributed by atoms with Gasteiger partial charge in [-0.1, -0.05) is 0 Å². The molecule has 0 unspecified atom stereocenters. The number of ether oxygens (including phenoxy) is 9. The van der Waals surface area contributed by atoms with E-state index in [1.165, 1.54) is 0 Å². The second-order valence-electron chi connectivity index (χ2n) is 7.69. The van der Waals surface area contributed by atoms with Crippen LogP contribution in [-0.2, 0) is 52.2 Å². The summed E-state index contributed by atoms with van der Waals surface area (Å²) in [5.41, 5.74) is 0. The van der Waals surface area contributed by atoms with Gasteiger partial charge in [0.05, 0.1) is 112 Å². The van der Waals surface area contributed by atoms with Crippen molar-refractivity contribution in [1.82, 2.24) is 5.32 Å². The van der Waals surface area contributed by atoms with E-state index in [0.29, 0.717) is 132 Å². The van der Waals surface area contributed by atoms with E-state index in [0.717, 1.165) is 0 Å². The number of carboxylic acid groups (broad SMARTS) is 1. The Balaban J connectivity index is 3.07. The van der Waals surface area contributed by atoms with Gasteiger partial charge in [0.15, 0.2) is 0 Å². The summed E-state index contributed by atoms with van der Waals surface area (Å²) in [4.78, 5) is 21.7. The summed E-state index contributed by atoms with van der Waals surface area (Å²) in [7, 11) is 0. The quantitative estimate of drug-likeness (QED) is 0.111. The minimum absolute atomic E-state index is 0.00583. The molecule has 0 aliphatic heterocycles. The van der Waals surface area contributed by atoms with Gasteiger partial charge >= 0.3 is 5.97 Å². The predicted molar refractivity (Wildman–Crippen MR) is 138 cm³/mol. The van der Waals surface area contributed by atoms with Crippen molar-refractivity contribution < 1.29 is 57.3 Å². The molecule has 0 aromatic heterocycles. The summed E-state index contributed by atoms with van der Waals surface area (Å²) in [6.07, 6.45) is 0.491. The Morgan fingerprint density at radius 3 is 1.13 bits per heavy atom. The average molecular weight is 556 g/mol. The highest BCUT2D eigenvalue weighted by atomic mass is 16.6. The summed E-state index contributed by atoms with van der Waals surface area (Å²) in [6, 6.07) is 0. The lowest BCUT2D eigenvalue weighted by Gasteiger charge is -2.09. The molecule has 0 atom stereocenters. The zero-order valence-electron chi connectivity index (χ0n) is 23.0. The van der Waals surface area contributed by atoms with Crippen molar-refractivity contribution in [2.24, 2.45) is 0 Å². The van der Waals surface area contributed by atoms with Crippen LogP contribution in [0.2, 0.25) is 0 Å². The molecule has 13 nitrogen and oxygen atoms in total. The maximum absolute atomic E-state index is 11.3. The molecular weight excluding hydrogens is 506 g/mol. The van der Waals surface area contributed by atoms with E-state index in [-0.39, 0.29) is 18.7 Å². The Morgan fingerprint density at radius 2 is 0.816 bits per heavy atom. The lowest BCUT2D eigenvalue weighted by Crippen LogP contribution is -2.25. The fourth-order valence-electron chi connectivity index (χ4n) is 2.61. The number of carboxylic acids is 1. The molecule has 0 aromatic carbocycles. The zero-order valence-corrected chi connectivity index (χ0v) is 23.0. The molecule has 0 aromatic rings. The maximum atomic E-state index is 11.3. The van der Waals surface area contributed by atoms with E-state index in [1.807, 2.05) is 6.92 Å². The van der Waals surface area contributed by atoms with Gasteiger partial charge in [-0.25, -0.2) is 0 Å². The van der Waals surface area contributed by atoms with E-state index in [4.69, 9.17) is 47.7 Å². The van der Waals surface area contributed by atoms with Crippen LogP contribution in [-0.4, -0.2) is 142 Å². The first-order valence-electron chi connectivity index (χ1n) is 13.3. The second-order valence-corrected chi connectivity index (χ2v) is 7.69. The lowest BCUT2D eigenvalue weighted by atomic mass is 10.3. The first-order chi connectivity index (χ1) is 18.7. The van der Waals surface area contributed by atoms with Crippen LogP contribution in [0.4, 0.5) is 0 Å². The van der Waals surface area contributed by atoms with Crippen LogP contribution in [0.3, 0.4) is 0 Å². The molecule has 0 aliphatic carbocycles. The Hall–Kier alpha value is -1.42. The Bertz CT molecular complexity index is 513. The molecular formula is C25H49NO12. The first kappa shape index (κ1) is 36.6. The van der Waals surface area contributed by atoms with Crippen molar-refractivity contribution in [2.45, 2.75) is 26.2 Å². The van der Waals surface area contributed by atoms with Crippen LogP contribution in [0, 0.1) is 0 Å². The highest BCUT2D eigenvalue weighted by Gasteiger charge is 2.04. The van der Waals surface area contributed by atoms with Crippen molar-refractivity contribution in [2.75, 3.05) is 125 Å². The molecule has 0 aliphatic rings. The van der Waals surface area contributed by atoms with Gasteiger partial charge in [0.25, 0.3) is 0 Å². The summed E-state index contributed by atoms with van der Waals surface area (Å²) in [5, 5.41) is 11.2. The van der Waals surface area contributed by atoms with Gasteiger partial charge in [0.1, 0.15) is 0 Å². The Labute approximate surface area is 226 Å². The standard InChI is InChI=1S/C25H49NO12/c1-2-30-8-9-32-12-13-34-16-17-36-20-21-38-23-22-37-19-18-35-15-14-33-11-10-31-7-3-6-26-24(27)4-5-25(28)29/h2-23H2,1H3,(H,26,27)(H,28,29). The molecule has 38 heavy (non-hydrogen) atoms. The molecule has 0 saturated carbocycles. The summed E-state index contributed by atoms with van der Waals surface area (Å²) in [6.45, 7) is 11.8. The molecule has 0 spiro atoms. The SMILES string of the molecule is CCOCCOCCOCCOCCOCCOCCOCCOCCOCCCNC(=O)CCC(=O)O. The van der Waals surface area contributed by atoms with E-state index in [2.05, 4.69) is 5.32 Å². The van der Waals surface area contributed by atoms with Crippen LogP contribution in [0.5, 0.6) is 0 Å². The number of rotatable bonds is 32. The molecule has 0 fully saturated rings. The molecule has 226 valence electrons. The van der Waals surface area contributed by atoms with Crippen molar-refractivity contribution in [3.05, 3.63) is 0 Å². The average Bonchev–Trinajstić information content (AvgIpc) is 2.91. The first-order valence-corrected chi connectivity index (χ1v) is 13.3. The van der Waals surface area contributed by atoms with Crippen LogP contribution in [0.15, 0.2) is 0 Å². The van der Waals surface area contributed by atoms with Crippen molar-refractivity contribution in [3.8, 4) is 0 Å². The van der Waals surface area contributed by atoms with Crippen molar-refractivity contribution >= 4 is 11.9 Å². The van der Waals surface area contributed by atoms with E-state index < -0.39 is 5.97 Å². The van der Waals surface area contributed by atoms with Crippen LogP contribution in [0.25, 0.3) is 0 Å². The van der Waals surface area contributed by atoms with E-state index in [1.54, 1.807) is 0 Å². The van der Waals surface area contributed by atoms with Crippen LogP contribution >= 0.6 is 0 Å². The highest BCUT2D eigenvalue weighted by molar-refractivity contribution is 5.80. The van der Waals surface area contributed by atoms with Gasteiger partial charge in [0, 0.05) is 26.2 Å². The van der Waals surface area contributed by atoms with Crippen LogP contribution < -0.4 is 5.32 Å². The largest absolute Gasteiger partial charge is 0.481 e. The Morgan fingerprint density at radius 1 is 0.500 bits per heavy atom. The monoisotopic (exact) mass is 555 g/mol. The molecule has 13 heteroatoms. The summed E-state index contributed by atoms with van der Waals surface area (Å²) < 4.78 is 48.4. The molecule has 0 radical (unpaired) electrons. The molecule has 1 amide bonds. The third-order valence-corrected chi connectivity index (χ3v) is 4.53. The molecule has 2 N–H and O–H groups in total. The number of hydrogen-bond acceptors (Lipinski definition) is 11. The molecule has 0 saturated heterocycles. The lowest BCUT2D eigenvalue weighted by molar-refractivity contribution is -0.138. The van der Waals surface area contributed by atoms with Gasteiger partial charge in [-0.2, -0.15) is 0 Å². The third kappa shape index (κ3) is 32.6. The minimum Gasteiger partial charge on any atom is -0.481 e. The maximum Gasteiger partial charge on any atom is 0.303 e. The highest BCUT2D eigenvalue weighted by Crippen LogP contribution is 1.90. The number of carbonyl (C=O) groups excluding carboxylic acids is 1. The number of hydrogen-bond donors (Lipinski definition) is 2. The number of carbonyl (C=O) groups is 2. The molecule has 0 rings (SSSR count). The smallest absolute Gasteiger partial charge is 0.303 e. The zero-order chi connectivity index (χ0) is 27.8. The molecule has 0 heterocycles. The predicted octanol–water partition coefficient (Wildman–Crippen LogP) is 0.527. The summed E-state index contributed by atoms with van der Waals surface area (Å²) >= 11 is 0. The van der Waals surface area contributed by atoms with E-state index in [9.17, 15) is 9.59 Å². The minimum atomic E-state index is -0.980. The van der Waals surface area contributed by atoms with Crippen molar-refractivity contribution in [3.63, 3.8) is 0 Å². The number of nitrogens with one attached hydrogen (secondary N) is 1. The van der Waals surface area contributed by atoms with Gasteiger partial charge in [-0.3, -0.25) is 9.59 Å². The third-order valence-electron chi connectivity index (χ3n) is 4.53. The van der Waals surface area contributed by atoms with Gasteiger partial charge in [-0.15, -0.1) is 0 Å². The number of aliphatic carboxylic acids is 1. The Kier molecular flexibility index (Phi) is 30.6. The van der Waals surface area contributed by atoms with Gasteiger partial charge in [0.2, 0.25) is 5.91 Å². The van der Waals surface area contributed by atoms with E-state index >= 15 is 0 Å². The van der Waals surface area contributed by atoms with Crippen LogP contribution in [0.1, 0.15) is 26.2 Å². The van der Waals surface area contributed by atoms with Crippen molar-refractivity contribution in [1.29, 1.82) is 0 Å². The van der Waals surface area contributed by atoms with Gasteiger partial charge < -0.3 is 53.1 Å². The summed E-state index contributed by atoms with van der Waals surface area (Å²) in [5.74, 6) is -1.24. The molecule has 0 bridgehead atoms.